The average Bonchev–Trinajstić information content (AvgIpc) is 2.56. The predicted molar refractivity (Wildman–Crippen MR) is 67.8 cm³/mol. The van der Waals surface area contributed by atoms with Gasteiger partial charge in [0.25, 0.3) is 0 Å². The zero-order chi connectivity index (χ0) is 12.6. The van der Waals surface area contributed by atoms with Crippen LogP contribution in [0.3, 0.4) is 0 Å². The Morgan fingerprint density at radius 1 is 1.53 bits per heavy atom. The average molecular weight is 252 g/mol. The highest BCUT2D eigenvalue weighted by Crippen LogP contribution is 2.33. The molecule has 1 atom stereocenters. The zero-order valence-corrected chi connectivity index (χ0v) is 10.5. The van der Waals surface area contributed by atoms with Crippen LogP contribution in [0.4, 0.5) is 0 Å². The second-order valence-electron chi connectivity index (χ2n) is 4.08. The zero-order valence-electron chi connectivity index (χ0n) is 9.77. The van der Waals surface area contributed by atoms with Crippen molar-refractivity contribution in [1.82, 2.24) is 4.40 Å². The van der Waals surface area contributed by atoms with Crippen LogP contribution in [0.5, 0.6) is 0 Å². The molecule has 0 radical (unpaired) electrons. The third kappa shape index (κ3) is 1.80. The number of pyridine rings is 1. The predicted octanol–water partition coefficient (Wildman–Crippen LogP) is 3.48. The van der Waals surface area contributed by atoms with Gasteiger partial charge in [0, 0.05) is 11.9 Å². The number of carboxylic acids is 1. The quantitative estimate of drug-likeness (QED) is 0.907. The second kappa shape index (κ2) is 4.41. The Labute approximate surface area is 105 Å². The van der Waals surface area contributed by atoms with E-state index in [1.165, 1.54) is 0 Å². The number of rotatable bonds is 3. The minimum absolute atomic E-state index is 0.516. The SMILES string of the molecule is CCC(C(=O)O)c1c(C)c(Cl)c2ccccn12. The summed E-state index contributed by atoms with van der Waals surface area (Å²) in [5.41, 5.74) is 2.49. The summed E-state index contributed by atoms with van der Waals surface area (Å²) in [6.07, 6.45) is 2.41. The largest absolute Gasteiger partial charge is 0.481 e. The van der Waals surface area contributed by atoms with Crippen molar-refractivity contribution in [3.05, 3.63) is 40.7 Å². The first-order chi connectivity index (χ1) is 8.07. The van der Waals surface area contributed by atoms with Crippen LogP contribution in [0.15, 0.2) is 24.4 Å². The van der Waals surface area contributed by atoms with Crippen LogP contribution >= 0.6 is 11.6 Å². The molecule has 3 nitrogen and oxygen atoms in total. The molecule has 0 aliphatic carbocycles. The first kappa shape index (κ1) is 12.0. The van der Waals surface area contributed by atoms with Gasteiger partial charge < -0.3 is 9.51 Å². The lowest BCUT2D eigenvalue weighted by atomic mass is 10.00. The van der Waals surface area contributed by atoms with E-state index < -0.39 is 11.9 Å². The van der Waals surface area contributed by atoms with Crippen molar-refractivity contribution in [3.63, 3.8) is 0 Å². The Morgan fingerprint density at radius 3 is 2.82 bits per heavy atom. The number of carboxylic acid groups (broad SMARTS) is 1. The van der Waals surface area contributed by atoms with Crippen molar-refractivity contribution in [3.8, 4) is 0 Å². The number of fused-ring (bicyclic) bond motifs is 1. The van der Waals surface area contributed by atoms with Crippen molar-refractivity contribution in [1.29, 1.82) is 0 Å². The lowest BCUT2D eigenvalue weighted by Crippen LogP contribution is -2.13. The molecule has 0 saturated carbocycles. The number of aromatic nitrogens is 1. The van der Waals surface area contributed by atoms with E-state index in [9.17, 15) is 9.90 Å². The molecule has 2 aromatic rings. The third-order valence-corrected chi connectivity index (χ3v) is 3.57. The molecular weight excluding hydrogens is 238 g/mol. The number of aliphatic carboxylic acids is 1. The van der Waals surface area contributed by atoms with Gasteiger partial charge in [0.1, 0.15) is 0 Å². The van der Waals surface area contributed by atoms with Gasteiger partial charge in [0.15, 0.2) is 0 Å². The summed E-state index contributed by atoms with van der Waals surface area (Å²) < 4.78 is 1.87. The van der Waals surface area contributed by atoms with Gasteiger partial charge in [-0.15, -0.1) is 0 Å². The van der Waals surface area contributed by atoms with Gasteiger partial charge in [-0.05, 0) is 31.0 Å². The molecular formula is C13H14ClNO2. The van der Waals surface area contributed by atoms with Crippen molar-refractivity contribution in [2.45, 2.75) is 26.2 Å². The molecule has 0 saturated heterocycles. The Balaban J connectivity index is 2.76. The highest BCUT2D eigenvalue weighted by atomic mass is 35.5. The third-order valence-electron chi connectivity index (χ3n) is 3.09. The number of hydrogen-bond acceptors (Lipinski definition) is 1. The van der Waals surface area contributed by atoms with E-state index in [2.05, 4.69) is 0 Å². The van der Waals surface area contributed by atoms with E-state index in [4.69, 9.17) is 11.6 Å². The highest BCUT2D eigenvalue weighted by molar-refractivity contribution is 6.35. The molecule has 1 N–H and O–H groups in total. The molecule has 0 aliphatic rings. The van der Waals surface area contributed by atoms with Gasteiger partial charge in [0.05, 0.1) is 16.5 Å². The smallest absolute Gasteiger partial charge is 0.312 e. The number of carbonyl (C=O) groups is 1. The molecule has 0 fully saturated rings. The van der Waals surface area contributed by atoms with Crippen LogP contribution in [0, 0.1) is 6.92 Å². The summed E-state index contributed by atoms with van der Waals surface area (Å²) in [4.78, 5) is 11.3. The maximum atomic E-state index is 11.3. The molecule has 0 aliphatic heterocycles. The Hall–Kier alpha value is -1.48. The molecule has 17 heavy (non-hydrogen) atoms. The normalized spacial score (nSPS) is 12.9. The van der Waals surface area contributed by atoms with Gasteiger partial charge >= 0.3 is 5.97 Å². The molecule has 0 aromatic carbocycles. The van der Waals surface area contributed by atoms with E-state index in [0.717, 1.165) is 16.8 Å². The molecule has 2 rings (SSSR count). The fraction of sp³-hybridized carbons (Fsp3) is 0.308. The molecule has 1 unspecified atom stereocenters. The summed E-state index contributed by atoms with van der Waals surface area (Å²) >= 11 is 6.24. The van der Waals surface area contributed by atoms with Crippen LogP contribution in [-0.4, -0.2) is 15.5 Å². The van der Waals surface area contributed by atoms with Crippen LogP contribution in [-0.2, 0) is 4.79 Å². The van der Waals surface area contributed by atoms with Gasteiger partial charge in [-0.3, -0.25) is 4.79 Å². The van der Waals surface area contributed by atoms with Crippen molar-refractivity contribution in [2.75, 3.05) is 0 Å². The van der Waals surface area contributed by atoms with Gasteiger partial charge in [-0.2, -0.15) is 0 Å². The molecule has 0 amide bonds. The fourth-order valence-electron chi connectivity index (χ4n) is 2.23. The first-order valence-corrected chi connectivity index (χ1v) is 5.93. The maximum Gasteiger partial charge on any atom is 0.312 e. The lowest BCUT2D eigenvalue weighted by molar-refractivity contribution is -0.139. The topological polar surface area (TPSA) is 41.7 Å². The summed E-state index contributed by atoms with van der Waals surface area (Å²) in [5, 5.41) is 9.90. The van der Waals surface area contributed by atoms with E-state index in [1.807, 2.05) is 42.6 Å². The molecule has 2 aromatic heterocycles. The fourth-order valence-corrected chi connectivity index (χ4v) is 2.48. The van der Waals surface area contributed by atoms with E-state index in [1.54, 1.807) is 0 Å². The lowest BCUT2D eigenvalue weighted by Gasteiger charge is -2.11. The molecule has 4 heteroatoms. The summed E-state index contributed by atoms with van der Waals surface area (Å²) in [6, 6.07) is 5.67. The van der Waals surface area contributed by atoms with Crippen molar-refractivity contribution < 1.29 is 9.90 Å². The van der Waals surface area contributed by atoms with Gasteiger partial charge in [-0.1, -0.05) is 24.6 Å². The standard InChI is InChI=1S/C13H14ClNO2/c1-3-9(13(16)17)12-8(2)11(14)10-6-4-5-7-15(10)12/h4-7,9H,3H2,1-2H3,(H,16,17). The number of nitrogens with zero attached hydrogens (tertiary/aromatic N) is 1. The summed E-state index contributed by atoms with van der Waals surface area (Å²) in [6.45, 7) is 3.74. The molecule has 0 bridgehead atoms. The Morgan fingerprint density at radius 2 is 2.24 bits per heavy atom. The maximum absolute atomic E-state index is 11.3. The van der Waals surface area contributed by atoms with E-state index in [-0.39, 0.29) is 0 Å². The minimum Gasteiger partial charge on any atom is -0.481 e. The van der Waals surface area contributed by atoms with Crippen LogP contribution < -0.4 is 0 Å². The van der Waals surface area contributed by atoms with Crippen molar-refractivity contribution >= 4 is 23.1 Å². The monoisotopic (exact) mass is 251 g/mol. The molecule has 90 valence electrons. The number of halogens is 1. The Bertz CT molecular complexity index is 574. The van der Waals surface area contributed by atoms with Gasteiger partial charge in [-0.25, -0.2) is 0 Å². The Kier molecular flexibility index (Phi) is 3.11. The summed E-state index contributed by atoms with van der Waals surface area (Å²) in [5.74, 6) is -1.33. The minimum atomic E-state index is -0.810. The van der Waals surface area contributed by atoms with Crippen molar-refractivity contribution in [2.24, 2.45) is 0 Å². The first-order valence-electron chi connectivity index (χ1n) is 5.55. The number of hydrogen-bond donors (Lipinski definition) is 1. The summed E-state index contributed by atoms with van der Waals surface area (Å²) in [7, 11) is 0. The molecule has 2 heterocycles. The molecule has 0 spiro atoms. The van der Waals surface area contributed by atoms with Crippen LogP contribution in [0.1, 0.15) is 30.5 Å². The second-order valence-corrected chi connectivity index (χ2v) is 4.46. The van der Waals surface area contributed by atoms with Gasteiger partial charge in [0.2, 0.25) is 0 Å². The van der Waals surface area contributed by atoms with Crippen LogP contribution in [0.25, 0.3) is 5.52 Å². The highest BCUT2D eigenvalue weighted by Gasteiger charge is 2.25. The van der Waals surface area contributed by atoms with E-state index >= 15 is 0 Å². The van der Waals surface area contributed by atoms with Crippen LogP contribution in [0.2, 0.25) is 5.02 Å². The van der Waals surface area contributed by atoms with E-state index in [0.29, 0.717) is 11.4 Å².